The van der Waals surface area contributed by atoms with Crippen LogP contribution >= 0.6 is 0 Å². The van der Waals surface area contributed by atoms with Crippen LogP contribution in [0.3, 0.4) is 0 Å². The van der Waals surface area contributed by atoms with Gasteiger partial charge in [-0.15, -0.1) is 0 Å². The van der Waals surface area contributed by atoms with Crippen molar-refractivity contribution in [3.8, 4) is 0 Å². The first-order valence-corrected chi connectivity index (χ1v) is 7.88. The molecule has 0 atom stereocenters. The van der Waals surface area contributed by atoms with Gasteiger partial charge in [0, 0.05) is 25.1 Å². The number of nitrogens with one attached hydrogen (secondary N) is 1. The monoisotopic (exact) mass is 316 g/mol. The van der Waals surface area contributed by atoms with Crippen molar-refractivity contribution in [3.05, 3.63) is 41.1 Å². The smallest absolute Gasteiger partial charge is 0.253 e. The molecule has 122 valence electrons. The Morgan fingerprint density at radius 1 is 1.30 bits per heavy atom. The molecule has 2 aromatic heterocycles. The molecular weight excluding hydrogens is 296 g/mol. The molecule has 8 heteroatoms. The molecular formula is C15H20N6O2. The molecule has 0 unspecified atom stereocenters. The van der Waals surface area contributed by atoms with Crippen molar-refractivity contribution >= 4 is 5.91 Å². The lowest BCUT2D eigenvalue weighted by atomic mass is 10.0. The quantitative estimate of drug-likeness (QED) is 0.827. The maximum atomic E-state index is 12.1. The van der Waals surface area contributed by atoms with Gasteiger partial charge in [0.2, 0.25) is 5.91 Å². The topological polar surface area (TPSA) is 94.7 Å². The van der Waals surface area contributed by atoms with Crippen LogP contribution in [0.1, 0.15) is 37.3 Å². The molecule has 1 aliphatic carbocycles. The van der Waals surface area contributed by atoms with Crippen molar-refractivity contribution in [3.63, 3.8) is 0 Å². The maximum Gasteiger partial charge on any atom is 0.253 e. The Morgan fingerprint density at radius 3 is 2.83 bits per heavy atom. The normalized spacial score (nSPS) is 15.0. The summed E-state index contributed by atoms with van der Waals surface area (Å²) in [5.74, 6) is 0.263. The standard InChI is InChI=1S/C15H20N6O2/c22-14(8-21-10-16-9-19-21)17-5-6-20-11-18-13(7-15(20)23)12-3-1-2-4-12/h7,9-12H,1-6,8H2,(H,17,22). The largest absolute Gasteiger partial charge is 0.353 e. The fourth-order valence-corrected chi connectivity index (χ4v) is 2.89. The summed E-state index contributed by atoms with van der Waals surface area (Å²) in [5, 5.41) is 6.61. The number of rotatable bonds is 6. The number of amides is 1. The molecule has 0 saturated heterocycles. The average molecular weight is 316 g/mol. The summed E-state index contributed by atoms with van der Waals surface area (Å²) in [6.07, 6.45) is 9.11. The summed E-state index contributed by atoms with van der Waals surface area (Å²) in [7, 11) is 0. The molecule has 23 heavy (non-hydrogen) atoms. The fraction of sp³-hybridized carbons (Fsp3) is 0.533. The maximum absolute atomic E-state index is 12.1. The lowest BCUT2D eigenvalue weighted by Gasteiger charge is -2.11. The molecule has 2 aromatic rings. The number of carbonyl (C=O) groups excluding carboxylic acids is 1. The molecule has 1 amide bonds. The molecule has 1 aliphatic rings. The summed E-state index contributed by atoms with van der Waals surface area (Å²) < 4.78 is 2.97. The van der Waals surface area contributed by atoms with Crippen LogP contribution in [0.15, 0.2) is 29.8 Å². The van der Waals surface area contributed by atoms with Gasteiger partial charge in [0.05, 0.1) is 12.0 Å². The van der Waals surface area contributed by atoms with Gasteiger partial charge in [-0.25, -0.2) is 14.6 Å². The second kappa shape index (κ2) is 7.17. The molecule has 0 aromatic carbocycles. The van der Waals surface area contributed by atoms with E-state index in [4.69, 9.17) is 0 Å². The van der Waals surface area contributed by atoms with Crippen molar-refractivity contribution in [2.24, 2.45) is 0 Å². The van der Waals surface area contributed by atoms with Crippen LogP contribution < -0.4 is 10.9 Å². The van der Waals surface area contributed by atoms with Gasteiger partial charge in [-0.05, 0) is 12.8 Å². The average Bonchev–Trinajstić information content (AvgIpc) is 3.22. The van der Waals surface area contributed by atoms with Gasteiger partial charge in [-0.1, -0.05) is 12.8 Å². The Kier molecular flexibility index (Phi) is 4.80. The lowest BCUT2D eigenvalue weighted by Crippen LogP contribution is -2.33. The first-order chi connectivity index (χ1) is 11.2. The number of nitrogens with zero attached hydrogens (tertiary/aromatic N) is 5. The predicted molar refractivity (Wildman–Crippen MR) is 82.7 cm³/mol. The molecule has 3 rings (SSSR count). The molecule has 8 nitrogen and oxygen atoms in total. The van der Waals surface area contributed by atoms with E-state index in [0.717, 1.165) is 18.5 Å². The van der Waals surface area contributed by atoms with E-state index in [1.54, 1.807) is 12.4 Å². The highest BCUT2D eigenvalue weighted by molar-refractivity contribution is 5.75. The number of aromatic nitrogens is 5. The van der Waals surface area contributed by atoms with Gasteiger partial charge >= 0.3 is 0 Å². The summed E-state index contributed by atoms with van der Waals surface area (Å²) >= 11 is 0. The highest BCUT2D eigenvalue weighted by Crippen LogP contribution is 2.32. The number of carbonyl (C=O) groups is 1. The van der Waals surface area contributed by atoms with Crippen molar-refractivity contribution < 1.29 is 4.79 Å². The van der Waals surface area contributed by atoms with Crippen molar-refractivity contribution in [1.82, 2.24) is 29.6 Å². The third-order valence-electron chi connectivity index (χ3n) is 4.12. The van der Waals surface area contributed by atoms with E-state index < -0.39 is 0 Å². The van der Waals surface area contributed by atoms with Crippen LogP contribution in [0.2, 0.25) is 0 Å². The van der Waals surface area contributed by atoms with Gasteiger partial charge in [-0.2, -0.15) is 5.10 Å². The van der Waals surface area contributed by atoms with Gasteiger partial charge in [-0.3, -0.25) is 14.2 Å². The highest BCUT2D eigenvalue weighted by Gasteiger charge is 2.18. The zero-order valence-electron chi connectivity index (χ0n) is 12.9. The van der Waals surface area contributed by atoms with Gasteiger partial charge in [0.25, 0.3) is 5.56 Å². The SMILES string of the molecule is O=C(Cn1cncn1)NCCn1cnc(C2CCCC2)cc1=O. The Labute approximate surface area is 133 Å². The van der Waals surface area contributed by atoms with Crippen molar-refractivity contribution in [1.29, 1.82) is 0 Å². The van der Waals surface area contributed by atoms with E-state index in [9.17, 15) is 9.59 Å². The Hall–Kier alpha value is -2.51. The zero-order valence-corrected chi connectivity index (χ0v) is 12.9. The molecule has 0 bridgehead atoms. The molecule has 1 N–H and O–H groups in total. The minimum Gasteiger partial charge on any atom is -0.353 e. The van der Waals surface area contributed by atoms with E-state index >= 15 is 0 Å². The third kappa shape index (κ3) is 4.02. The van der Waals surface area contributed by atoms with Crippen molar-refractivity contribution in [2.45, 2.75) is 44.7 Å². The summed E-state index contributed by atoms with van der Waals surface area (Å²) in [6.45, 7) is 0.894. The molecule has 1 fully saturated rings. The van der Waals surface area contributed by atoms with E-state index in [-0.39, 0.29) is 18.0 Å². The van der Waals surface area contributed by atoms with Gasteiger partial charge < -0.3 is 5.32 Å². The van der Waals surface area contributed by atoms with Crippen LogP contribution in [0.25, 0.3) is 0 Å². The van der Waals surface area contributed by atoms with Gasteiger partial charge in [0.15, 0.2) is 0 Å². The van der Waals surface area contributed by atoms with Crippen LogP contribution in [0, 0.1) is 0 Å². The summed E-state index contributed by atoms with van der Waals surface area (Å²) in [6, 6.07) is 1.63. The van der Waals surface area contributed by atoms with E-state index in [1.807, 2.05) is 0 Å². The second-order valence-electron chi connectivity index (χ2n) is 5.77. The zero-order chi connectivity index (χ0) is 16.1. The van der Waals surface area contributed by atoms with Crippen LogP contribution in [-0.2, 0) is 17.9 Å². The molecule has 0 aliphatic heterocycles. The number of hydrogen-bond donors (Lipinski definition) is 1. The summed E-state index contributed by atoms with van der Waals surface area (Å²) in [5.41, 5.74) is 0.839. The van der Waals surface area contributed by atoms with E-state index in [1.165, 1.54) is 34.7 Å². The Morgan fingerprint density at radius 2 is 2.13 bits per heavy atom. The number of hydrogen-bond acceptors (Lipinski definition) is 5. The third-order valence-corrected chi connectivity index (χ3v) is 4.12. The fourth-order valence-electron chi connectivity index (χ4n) is 2.89. The summed E-state index contributed by atoms with van der Waals surface area (Å²) in [4.78, 5) is 32.0. The van der Waals surface area contributed by atoms with Crippen LogP contribution in [0.4, 0.5) is 0 Å². The van der Waals surface area contributed by atoms with Crippen LogP contribution in [-0.4, -0.2) is 36.8 Å². The van der Waals surface area contributed by atoms with E-state index in [2.05, 4.69) is 20.4 Å². The lowest BCUT2D eigenvalue weighted by molar-refractivity contribution is -0.121. The first-order valence-electron chi connectivity index (χ1n) is 7.88. The van der Waals surface area contributed by atoms with Gasteiger partial charge in [0.1, 0.15) is 19.2 Å². The molecule has 0 radical (unpaired) electrons. The first kappa shape index (κ1) is 15.4. The Bertz CT molecular complexity index is 703. The minimum absolute atomic E-state index is 0.0626. The van der Waals surface area contributed by atoms with E-state index in [0.29, 0.717) is 19.0 Å². The minimum atomic E-state index is -0.168. The van der Waals surface area contributed by atoms with Crippen LogP contribution in [0.5, 0.6) is 0 Å². The predicted octanol–water partition coefficient (Wildman–Crippen LogP) is 0.309. The highest BCUT2D eigenvalue weighted by atomic mass is 16.2. The second-order valence-corrected chi connectivity index (χ2v) is 5.77. The molecule has 2 heterocycles. The van der Waals surface area contributed by atoms with Crippen molar-refractivity contribution in [2.75, 3.05) is 6.54 Å². The molecule has 0 spiro atoms. The molecule has 1 saturated carbocycles. The Balaban J connectivity index is 1.50.